The minimum absolute atomic E-state index is 0.0619. The molecule has 0 aliphatic carbocycles. The Morgan fingerprint density at radius 3 is 2.64 bits per heavy atom. The second kappa shape index (κ2) is 8.16. The highest BCUT2D eigenvalue weighted by Gasteiger charge is 2.15. The van der Waals surface area contributed by atoms with Gasteiger partial charge >= 0.3 is 0 Å². The first kappa shape index (κ1) is 19.5. The number of nitrogens with one attached hydrogen (secondary N) is 1. The van der Waals surface area contributed by atoms with E-state index in [0.717, 1.165) is 11.4 Å². The third-order valence-electron chi connectivity index (χ3n) is 4.58. The van der Waals surface area contributed by atoms with Crippen LogP contribution in [0.15, 0.2) is 40.3 Å². The van der Waals surface area contributed by atoms with Crippen molar-refractivity contribution in [2.24, 2.45) is 0 Å². The molecule has 1 N–H and O–H groups in total. The molecule has 0 aliphatic rings. The molecular formula is C20H23N5O3. The summed E-state index contributed by atoms with van der Waals surface area (Å²) in [7, 11) is 0. The van der Waals surface area contributed by atoms with Gasteiger partial charge in [0.2, 0.25) is 5.43 Å². The summed E-state index contributed by atoms with van der Waals surface area (Å²) in [6, 6.07) is 4.94. The number of carbonyl (C=O) groups is 1. The predicted molar refractivity (Wildman–Crippen MR) is 107 cm³/mol. The van der Waals surface area contributed by atoms with Crippen LogP contribution in [0.3, 0.4) is 0 Å². The first-order valence-electron chi connectivity index (χ1n) is 9.29. The van der Waals surface area contributed by atoms with Gasteiger partial charge in [-0.05, 0) is 32.4 Å². The van der Waals surface area contributed by atoms with E-state index < -0.39 is 5.91 Å². The Hall–Kier alpha value is -3.29. The van der Waals surface area contributed by atoms with Gasteiger partial charge in [-0.15, -0.1) is 0 Å². The molecule has 0 bridgehead atoms. The number of aromatic nitrogens is 4. The fourth-order valence-electron chi connectivity index (χ4n) is 2.97. The molecule has 1 amide bonds. The second-order valence-corrected chi connectivity index (χ2v) is 6.50. The third kappa shape index (κ3) is 3.85. The van der Waals surface area contributed by atoms with Crippen LogP contribution in [0.4, 0.5) is 0 Å². The molecule has 3 heterocycles. The van der Waals surface area contributed by atoms with Crippen LogP contribution in [0.2, 0.25) is 0 Å². The molecule has 0 aliphatic heterocycles. The number of rotatable bonds is 6. The van der Waals surface area contributed by atoms with Gasteiger partial charge in [0.05, 0.1) is 11.7 Å². The molecule has 3 aromatic heterocycles. The summed E-state index contributed by atoms with van der Waals surface area (Å²) in [4.78, 5) is 45.9. The topological polar surface area (TPSA) is 98.9 Å². The summed E-state index contributed by atoms with van der Waals surface area (Å²) in [6.45, 7) is 6.77. The van der Waals surface area contributed by atoms with E-state index >= 15 is 0 Å². The standard InChI is InChI=1S/C20H23N5O3/c1-4-14-10-17(26)25(12-22-14)9-8-21-20(28)16-11-24(5-2)19-15(18(16)27)7-6-13(3)23-19/h6-7,10-12H,4-5,8-9H2,1-3H3,(H,21,28). The van der Waals surface area contributed by atoms with E-state index in [1.807, 2.05) is 20.8 Å². The van der Waals surface area contributed by atoms with E-state index in [9.17, 15) is 14.4 Å². The van der Waals surface area contributed by atoms with E-state index in [1.54, 1.807) is 16.7 Å². The molecular weight excluding hydrogens is 358 g/mol. The zero-order chi connectivity index (χ0) is 20.3. The van der Waals surface area contributed by atoms with E-state index in [1.165, 1.54) is 23.2 Å². The van der Waals surface area contributed by atoms with E-state index in [-0.39, 0.29) is 29.6 Å². The summed E-state index contributed by atoms with van der Waals surface area (Å²) in [5.41, 5.74) is 1.65. The zero-order valence-electron chi connectivity index (χ0n) is 16.2. The summed E-state index contributed by atoms with van der Waals surface area (Å²) < 4.78 is 3.22. The maximum absolute atomic E-state index is 12.7. The van der Waals surface area contributed by atoms with Crippen LogP contribution in [0.1, 0.15) is 35.6 Å². The van der Waals surface area contributed by atoms with E-state index in [4.69, 9.17) is 0 Å². The molecule has 0 atom stereocenters. The van der Waals surface area contributed by atoms with Gasteiger partial charge in [-0.1, -0.05) is 6.92 Å². The first-order chi connectivity index (χ1) is 13.4. The SMILES string of the molecule is CCc1cc(=O)n(CCNC(=O)c2cn(CC)c3nc(C)ccc3c2=O)cn1. The minimum Gasteiger partial charge on any atom is -0.350 e. The molecule has 3 rings (SSSR count). The Morgan fingerprint density at radius 1 is 1.18 bits per heavy atom. The molecule has 8 heteroatoms. The molecule has 3 aromatic rings. The first-order valence-corrected chi connectivity index (χ1v) is 9.29. The van der Waals surface area contributed by atoms with Crippen molar-refractivity contribution in [2.75, 3.05) is 6.54 Å². The molecule has 0 unspecified atom stereocenters. The molecule has 0 saturated heterocycles. The van der Waals surface area contributed by atoms with Crippen LogP contribution in [0.5, 0.6) is 0 Å². The van der Waals surface area contributed by atoms with Crippen LogP contribution in [0, 0.1) is 6.92 Å². The van der Waals surface area contributed by atoms with Crippen molar-refractivity contribution in [1.82, 2.24) is 24.4 Å². The second-order valence-electron chi connectivity index (χ2n) is 6.50. The maximum atomic E-state index is 12.7. The number of nitrogens with zero attached hydrogens (tertiary/aromatic N) is 4. The Bertz CT molecular complexity index is 1150. The highest BCUT2D eigenvalue weighted by molar-refractivity contribution is 5.96. The van der Waals surface area contributed by atoms with E-state index in [0.29, 0.717) is 24.0 Å². The monoisotopic (exact) mass is 381 g/mol. The predicted octanol–water partition coefficient (Wildman–Crippen LogP) is 1.27. The molecule has 146 valence electrons. The molecule has 0 saturated carbocycles. The number of pyridine rings is 2. The van der Waals surface area contributed by atoms with E-state index in [2.05, 4.69) is 15.3 Å². The van der Waals surface area contributed by atoms with Gasteiger partial charge in [0, 0.05) is 43.3 Å². The average Bonchev–Trinajstić information content (AvgIpc) is 2.69. The lowest BCUT2D eigenvalue weighted by Gasteiger charge is -2.12. The lowest BCUT2D eigenvalue weighted by Crippen LogP contribution is -2.34. The average molecular weight is 381 g/mol. The number of amides is 1. The fraction of sp³-hybridized carbons (Fsp3) is 0.350. The normalized spacial score (nSPS) is 11.0. The van der Waals surface area contributed by atoms with Gasteiger partial charge in [0.25, 0.3) is 11.5 Å². The molecule has 0 fully saturated rings. The number of carbonyl (C=O) groups excluding carboxylic acids is 1. The van der Waals surface area contributed by atoms with Crippen molar-refractivity contribution in [2.45, 2.75) is 40.3 Å². The summed E-state index contributed by atoms with van der Waals surface area (Å²) in [5.74, 6) is -0.471. The van der Waals surface area contributed by atoms with Crippen molar-refractivity contribution in [1.29, 1.82) is 0 Å². The molecule has 28 heavy (non-hydrogen) atoms. The Labute approximate surface area is 161 Å². The molecule has 0 aromatic carbocycles. The third-order valence-corrected chi connectivity index (χ3v) is 4.58. The molecule has 0 spiro atoms. The van der Waals surface area contributed by atoms with Crippen molar-refractivity contribution in [3.8, 4) is 0 Å². The van der Waals surface area contributed by atoms with Crippen LogP contribution >= 0.6 is 0 Å². The smallest absolute Gasteiger partial charge is 0.256 e. The molecule has 0 radical (unpaired) electrons. The van der Waals surface area contributed by atoms with Crippen LogP contribution in [-0.4, -0.2) is 31.6 Å². The van der Waals surface area contributed by atoms with Crippen molar-refractivity contribution < 1.29 is 4.79 Å². The highest BCUT2D eigenvalue weighted by Crippen LogP contribution is 2.11. The molecule has 8 nitrogen and oxygen atoms in total. The lowest BCUT2D eigenvalue weighted by atomic mass is 10.1. The van der Waals surface area contributed by atoms with Gasteiger partial charge in [-0.3, -0.25) is 19.0 Å². The quantitative estimate of drug-likeness (QED) is 0.693. The van der Waals surface area contributed by atoms with Gasteiger partial charge in [-0.2, -0.15) is 0 Å². The number of fused-ring (bicyclic) bond motifs is 1. The van der Waals surface area contributed by atoms with Crippen molar-refractivity contribution in [3.63, 3.8) is 0 Å². The van der Waals surface area contributed by atoms with Crippen molar-refractivity contribution in [3.05, 3.63) is 68.3 Å². The highest BCUT2D eigenvalue weighted by atomic mass is 16.2. The van der Waals surface area contributed by atoms with Crippen LogP contribution in [-0.2, 0) is 19.5 Å². The fourth-order valence-corrected chi connectivity index (χ4v) is 2.97. The minimum atomic E-state index is -0.471. The van der Waals surface area contributed by atoms with Gasteiger partial charge in [-0.25, -0.2) is 9.97 Å². The van der Waals surface area contributed by atoms with Crippen molar-refractivity contribution >= 4 is 16.9 Å². The Kier molecular flexibility index (Phi) is 5.67. The summed E-state index contributed by atoms with van der Waals surface area (Å²) in [5, 5.41) is 3.12. The Balaban J connectivity index is 1.80. The van der Waals surface area contributed by atoms with Crippen LogP contribution < -0.4 is 16.3 Å². The maximum Gasteiger partial charge on any atom is 0.256 e. The lowest BCUT2D eigenvalue weighted by molar-refractivity contribution is 0.0950. The number of aryl methyl sites for hydroxylation is 3. The number of hydrogen-bond donors (Lipinski definition) is 1. The van der Waals surface area contributed by atoms with Gasteiger partial charge < -0.3 is 9.88 Å². The largest absolute Gasteiger partial charge is 0.350 e. The van der Waals surface area contributed by atoms with Crippen LogP contribution in [0.25, 0.3) is 11.0 Å². The Morgan fingerprint density at radius 2 is 1.96 bits per heavy atom. The summed E-state index contributed by atoms with van der Waals surface area (Å²) in [6.07, 6.45) is 3.70. The summed E-state index contributed by atoms with van der Waals surface area (Å²) >= 11 is 0. The van der Waals surface area contributed by atoms with Gasteiger partial charge in [0.15, 0.2) is 0 Å². The zero-order valence-corrected chi connectivity index (χ0v) is 16.2. The van der Waals surface area contributed by atoms with Gasteiger partial charge in [0.1, 0.15) is 11.2 Å². The number of hydrogen-bond acceptors (Lipinski definition) is 5.